The van der Waals surface area contributed by atoms with Gasteiger partial charge in [0.1, 0.15) is 0 Å². The van der Waals surface area contributed by atoms with Crippen molar-refractivity contribution in [2.24, 2.45) is 0 Å². The van der Waals surface area contributed by atoms with Crippen molar-refractivity contribution in [1.29, 1.82) is 0 Å². The zero-order valence-corrected chi connectivity index (χ0v) is 21.7. The number of anilines is 1. The number of carbonyl (C=O) groups excluding carboxylic acids is 1. The molecule has 0 saturated carbocycles. The Hall–Kier alpha value is -3.10. The van der Waals surface area contributed by atoms with Gasteiger partial charge in [-0.15, -0.1) is 0 Å². The minimum Gasteiger partial charge on any atom is -0.385 e. The maximum Gasteiger partial charge on any atom is 0.317 e. The van der Waals surface area contributed by atoms with E-state index >= 15 is 0 Å². The van der Waals surface area contributed by atoms with Crippen LogP contribution in [-0.2, 0) is 5.60 Å². The summed E-state index contributed by atoms with van der Waals surface area (Å²) in [7, 11) is 0. The maximum atomic E-state index is 12.2. The molecular weight excluding hydrogens is 452 g/mol. The summed E-state index contributed by atoms with van der Waals surface area (Å²) >= 11 is 0. The molecule has 0 bridgehead atoms. The van der Waals surface area contributed by atoms with E-state index in [4.69, 9.17) is 0 Å². The molecule has 3 aromatic rings. The number of piperidine rings is 1. The summed E-state index contributed by atoms with van der Waals surface area (Å²) in [5, 5.41) is 18.7. The van der Waals surface area contributed by atoms with Crippen LogP contribution in [0.15, 0.2) is 48.8 Å². The van der Waals surface area contributed by atoms with E-state index in [9.17, 15) is 9.90 Å². The number of piperazine rings is 1. The van der Waals surface area contributed by atoms with Gasteiger partial charge in [-0.1, -0.05) is 24.3 Å². The molecule has 8 heteroatoms. The highest BCUT2D eigenvalue weighted by atomic mass is 16.3. The fraction of sp³-hybridized carbons (Fsp3) is 0.500. The van der Waals surface area contributed by atoms with Crippen LogP contribution in [0, 0.1) is 0 Å². The maximum absolute atomic E-state index is 12.2. The lowest BCUT2D eigenvalue weighted by Crippen LogP contribution is -2.51. The first kappa shape index (κ1) is 24.6. The number of hydrogen-bond acceptors (Lipinski definition) is 5. The number of likely N-dealkylation sites (tertiary alicyclic amines) is 1. The molecule has 2 N–H and O–H groups in total. The third-order valence-corrected chi connectivity index (χ3v) is 7.83. The van der Waals surface area contributed by atoms with E-state index < -0.39 is 5.60 Å². The Bertz CT molecular complexity index is 1190. The highest BCUT2D eigenvalue weighted by Gasteiger charge is 2.34. The predicted molar refractivity (Wildman–Crippen MR) is 143 cm³/mol. The van der Waals surface area contributed by atoms with Gasteiger partial charge in [-0.05, 0) is 56.9 Å². The fourth-order valence-corrected chi connectivity index (χ4v) is 5.51. The third kappa shape index (κ3) is 4.80. The molecule has 2 saturated heterocycles. The third-order valence-electron chi connectivity index (χ3n) is 7.83. The van der Waals surface area contributed by atoms with Gasteiger partial charge in [0.25, 0.3) is 0 Å². The van der Waals surface area contributed by atoms with Gasteiger partial charge >= 0.3 is 6.03 Å². The van der Waals surface area contributed by atoms with Crippen molar-refractivity contribution in [3.05, 3.63) is 54.4 Å². The molecule has 4 heterocycles. The van der Waals surface area contributed by atoms with Gasteiger partial charge in [0.15, 0.2) is 0 Å². The number of nitrogens with zero attached hydrogens (tertiary/aromatic N) is 5. The zero-order chi connectivity index (χ0) is 25.3. The number of urea groups is 1. The number of nitrogens with one attached hydrogen (secondary N) is 1. The molecule has 192 valence electrons. The van der Waals surface area contributed by atoms with E-state index in [2.05, 4.69) is 76.7 Å². The Labute approximate surface area is 213 Å². The largest absolute Gasteiger partial charge is 0.385 e. The molecule has 0 radical (unpaired) electrons. The zero-order valence-electron chi connectivity index (χ0n) is 21.7. The second-order valence-electron chi connectivity index (χ2n) is 10.3. The second kappa shape index (κ2) is 10.1. The summed E-state index contributed by atoms with van der Waals surface area (Å²) in [5.41, 5.74) is 4.66. The van der Waals surface area contributed by atoms with Gasteiger partial charge in [-0.3, -0.25) is 0 Å². The van der Waals surface area contributed by atoms with Gasteiger partial charge in [0.05, 0.1) is 16.8 Å². The first-order valence-electron chi connectivity index (χ1n) is 13.2. The van der Waals surface area contributed by atoms with Crippen molar-refractivity contribution in [3.8, 4) is 11.1 Å². The van der Waals surface area contributed by atoms with Crippen molar-refractivity contribution in [1.82, 2.24) is 24.7 Å². The molecule has 36 heavy (non-hydrogen) atoms. The minimum absolute atomic E-state index is 0.0144. The van der Waals surface area contributed by atoms with Crippen molar-refractivity contribution in [2.75, 3.05) is 50.7 Å². The van der Waals surface area contributed by atoms with Crippen LogP contribution < -0.4 is 10.2 Å². The molecule has 0 aliphatic carbocycles. The second-order valence-corrected chi connectivity index (χ2v) is 10.3. The van der Waals surface area contributed by atoms with E-state index in [1.54, 1.807) is 0 Å². The van der Waals surface area contributed by atoms with Crippen LogP contribution in [0.4, 0.5) is 10.5 Å². The quantitative estimate of drug-likeness (QED) is 0.572. The average molecular weight is 491 g/mol. The summed E-state index contributed by atoms with van der Waals surface area (Å²) < 4.78 is 1.93. The molecule has 8 nitrogen and oxygen atoms in total. The van der Waals surface area contributed by atoms with Gasteiger partial charge in [-0.2, -0.15) is 5.10 Å². The number of aliphatic hydroxyl groups is 1. The van der Waals surface area contributed by atoms with Crippen LogP contribution in [0.1, 0.15) is 39.2 Å². The fourth-order valence-electron chi connectivity index (χ4n) is 5.51. The first-order valence-corrected chi connectivity index (χ1v) is 13.2. The Kier molecular flexibility index (Phi) is 6.90. The predicted octanol–water partition coefficient (Wildman–Crippen LogP) is 3.54. The normalized spacial score (nSPS) is 18.7. The molecule has 5 rings (SSSR count). The van der Waals surface area contributed by atoms with E-state index in [1.165, 1.54) is 0 Å². The van der Waals surface area contributed by atoms with Crippen LogP contribution in [0.2, 0.25) is 0 Å². The van der Waals surface area contributed by atoms with E-state index in [-0.39, 0.29) is 6.03 Å². The molecule has 0 atom stereocenters. The number of rotatable bonds is 5. The molecule has 0 spiro atoms. The number of hydrogen-bond donors (Lipinski definition) is 2. The highest BCUT2D eigenvalue weighted by molar-refractivity contribution is 5.80. The van der Waals surface area contributed by atoms with Crippen molar-refractivity contribution >= 4 is 17.2 Å². The Morgan fingerprint density at radius 1 is 1.03 bits per heavy atom. The van der Waals surface area contributed by atoms with Crippen LogP contribution in [0.3, 0.4) is 0 Å². The number of fused-ring (bicyclic) bond motifs is 1. The van der Waals surface area contributed by atoms with Crippen LogP contribution >= 0.6 is 0 Å². The number of amides is 2. The number of carbonyl (C=O) groups is 1. The average Bonchev–Trinajstić information content (AvgIpc) is 3.34. The van der Waals surface area contributed by atoms with Crippen molar-refractivity contribution < 1.29 is 9.90 Å². The van der Waals surface area contributed by atoms with Gasteiger partial charge in [0.2, 0.25) is 0 Å². The lowest BCUT2D eigenvalue weighted by atomic mass is 9.83. The van der Waals surface area contributed by atoms with Gasteiger partial charge in [-0.25, -0.2) is 9.31 Å². The van der Waals surface area contributed by atoms with E-state index in [0.717, 1.165) is 66.9 Å². The molecular formula is C28H38N6O2. The minimum atomic E-state index is -0.750. The topological polar surface area (TPSA) is 76.4 Å². The molecule has 2 aromatic heterocycles. The summed E-state index contributed by atoms with van der Waals surface area (Å²) in [6.45, 7) is 11.9. The van der Waals surface area contributed by atoms with E-state index in [0.29, 0.717) is 25.7 Å². The van der Waals surface area contributed by atoms with Crippen LogP contribution in [0.25, 0.3) is 16.6 Å². The first-order chi connectivity index (χ1) is 17.4. The molecule has 1 aromatic carbocycles. The summed E-state index contributed by atoms with van der Waals surface area (Å²) in [6, 6.07) is 13.2. The highest BCUT2D eigenvalue weighted by Crippen LogP contribution is 2.35. The standard InChI is InChI=1S/C28H38N6O2/c1-4-29-27(35)33-17-15-32(16-18-33)25-9-12-30-34-20-23(19-26(25)34)22-5-7-24(8-6-22)28(36)10-13-31(14-11-28)21(2)3/h5-9,12,19-21,36H,4,10-11,13-18H2,1-3H3,(H,29,35). The van der Waals surface area contributed by atoms with E-state index in [1.807, 2.05) is 22.5 Å². The van der Waals surface area contributed by atoms with Gasteiger partial charge < -0.3 is 25.1 Å². The van der Waals surface area contributed by atoms with Crippen molar-refractivity contribution in [2.45, 2.75) is 45.3 Å². The summed E-state index contributed by atoms with van der Waals surface area (Å²) in [4.78, 5) is 18.8. The molecule has 2 aliphatic heterocycles. The van der Waals surface area contributed by atoms with Crippen molar-refractivity contribution in [3.63, 3.8) is 0 Å². The van der Waals surface area contributed by atoms with Gasteiger partial charge in [0, 0.05) is 69.8 Å². The Morgan fingerprint density at radius 3 is 2.36 bits per heavy atom. The smallest absolute Gasteiger partial charge is 0.317 e. The number of benzene rings is 1. The lowest BCUT2D eigenvalue weighted by Gasteiger charge is -2.40. The molecule has 2 amide bonds. The van der Waals surface area contributed by atoms with Crippen LogP contribution in [-0.4, -0.2) is 82.4 Å². The monoisotopic (exact) mass is 490 g/mol. The Balaban J connectivity index is 1.32. The molecule has 2 aliphatic rings. The Morgan fingerprint density at radius 2 is 1.72 bits per heavy atom. The lowest BCUT2D eigenvalue weighted by molar-refractivity contribution is -0.0323. The molecule has 2 fully saturated rings. The van der Waals surface area contributed by atoms with Crippen LogP contribution in [0.5, 0.6) is 0 Å². The summed E-state index contributed by atoms with van der Waals surface area (Å²) in [6.07, 6.45) is 5.43. The number of aromatic nitrogens is 2. The SMILES string of the molecule is CCNC(=O)N1CCN(c2ccnn3cc(-c4ccc(C5(O)CCN(C(C)C)CC5)cc4)cc23)CC1. The summed E-state index contributed by atoms with van der Waals surface area (Å²) in [5.74, 6) is 0. The molecule has 0 unspecified atom stereocenters.